The lowest BCUT2D eigenvalue weighted by Gasteiger charge is -2.23. The van der Waals surface area contributed by atoms with E-state index in [1.54, 1.807) is 23.6 Å². The molecule has 0 unspecified atom stereocenters. The van der Waals surface area contributed by atoms with E-state index in [1.807, 2.05) is 0 Å². The molecule has 6 nitrogen and oxygen atoms in total. The lowest BCUT2D eigenvalue weighted by molar-refractivity contribution is -0.120. The normalized spacial score (nSPS) is 16.0. The van der Waals surface area contributed by atoms with Gasteiger partial charge in [-0.3, -0.25) is 4.79 Å². The van der Waals surface area contributed by atoms with E-state index >= 15 is 0 Å². The molecule has 1 saturated carbocycles. The van der Waals surface area contributed by atoms with Crippen LogP contribution in [0.1, 0.15) is 38.5 Å². The Hall–Kier alpha value is -1.93. The highest BCUT2D eigenvalue weighted by Gasteiger charge is 2.29. The number of nitrogens with zero attached hydrogens (tertiary/aromatic N) is 2. The van der Waals surface area contributed by atoms with Crippen LogP contribution >= 0.6 is 11.3 Å². The van der Waals surface area contributed by atoms with Crippen LogP contribution in [-0.2, 0) is 14.8 Å². The van der Waals surface area contributed by atoms with Crippen molar-refractivity contribution in [3.63, 3.8) is 0 Å². The summed E-state index contributed by atoms with van der Waals surface area (Å²) in [5.74, 6) is -0.286. The van der Waals surface area contributed by atoms with Crippen molar-refractivity contribution in [2.24, 2.45) is 0 Å². The average Bonchev–Trinajstić information content (AvgIpc) is 3.05. The second-order valence-electron chi connectivity index (χ2n) is 6.40. The van der Waals surface area contributed by atoms with Crippen LogP contribution in [0.15, 0.2) is 46.8 Å². The fourth-order valence-corrected chi connectivity index (χ4v) is 5.41. The molecule has 8 heteroatoms. The summed E-state index contributed by atoms with van der Waals surface area (Å²) in [7, 11) is -3.85. The summed E-state index contributed by atoms with van der Waals surface area (Å²) >= 11 is 1.20. The number of carbonyl (C=O) groups is 1. The summed E-state index contributed by atoms with van der Waals surface area (Å²) in [5, 5.41) is 5.00. The van der Waals surface area contributed by atoms with Crippen LogP contribution in [-0.4, -0.2) is 31.9 Å². The van der Waals surface area contributed by atoms with Crippen LogP contribution in [0, 0.1) is 0 Å². The van der Waals surface area contributed by atoms with Gasteiger partial charge < -0.3 is 5.32 Å². The Balaban J connectivity index is 1.78. The maximum atomic E-state index is 13.0. The van der Waals surface area contributed by atoms with Crippen molar-refractivity contribution >= 4 is 32.4 Å². The molecule has 26 heavy (non-hydrogen) atoms. The standard InChI is InChI=1S/C18H23N3O3S2/c22-17(20-15-8-4-1-2-5-9-15)14-21(18-19-12-13-25-18)26(23,24)16-10-6-3-7-11-16/h3,6-7,10-13,15H,1-2,4-5,8-9,14H2,(H,20,22). The highest BCUT2D eigenvalue weighted by molar-refractivity contribution is 7.93. The summed E-state index contributed by atoms with van der Waals surface area (Å²) in [6, 6.07) is 8.27. The molecular formula is C18H23N3O3S2. The van der Waals surface area contributed by atoms with Crippen LogP contribution in [0.4, 0.5) is 5.13 Å². The highest BCUT2D eigenvalue weighted by atomic mass is 32.2. The van der Waals surface area contributed by atoms with Crippen LogP contribution in [0.5, 0.6) is 0 Å². The van der Waals surface area contributed by atoms with Gasteiger partial charge in [-0.2, -0.15) is 0 Å². The highest BCUT2D eigenvalue weighted by Crippen LogP contribution is 2.25. The summed E-state index contributed by atoms with van der Waals surface area (Å²) in [5.41, 5.74) is 0. The maximum Gasteiger partial charge on any atom is 0.266 e. The fraction of sp³-hybridized carbons (Fsp3) is 0.444. The number of rotatable bonds is 6. The minimum atomic E-state index is -3.85. The number of aromatic nitrogens is 1. The van der Waals surface area contributed by atoms with Gasteiger partial charge in [0.15, 0.2) is 5.13 Å². The molecule has 0 atom stereocenters. The van der Waals surface area contributed by atoms with E-state index in [4.69, 9.17) is 0 Å². The second kappa shape index (κ2) is 8.64. The van der Waals surface area contributed by atoms with Gasteiger partial charge in [-0.25, -0.2) is 17.7 Å². The molecule has 3 rings (SSSR count). The summed E-state index contributed by atoms with van der Waals surface area (Å²) < 4.78 is 27.1. The van der Waals surface area contributed by atoms with Crippen LogP contribution in [0.25, 0.3) is 0 Å². The first-order valence-electron chi connectivity index (χ1n) is 8.84. The van der Waals surface area contributed by atoms with Crippen LogP contribution in [0.2, 0.25) is 0 Å². The molecule has 1 aliphatic carbocycles. The average molecular weight is 394 g/mol. The number of amides is 1. The van der Waals surface area contributed by atoms with Gasteiger partial charge >= 0.3 is 0 Å². The number of thiazole rings is 1. The Morgan fingerprint density at radius 2 is 1.85 bits per heavy atom. The Kier molecular flexibility index (Phi) is 6.26. The van der Waals surface area contributed by atoms with E-state index in [0.29, 0.717) is 5.13 Å². The zero-order valence-corrected chi connectivity index (χ0v) is 16.1. The van der Waals surface area contributed by atoms with Gasteiger partial charge in [0.25, 0.3) is 10.0 Å². The van der Waals surface area contributed by atoms with Gasteiger partial charge in [-0.05, 0) is 25.0 Å². The number of carbonyl (C=O) groups excluding carboxylic acids is 1. The molecule has 1 aromatic heterocycles. The number of hydrogen-bond acceptors (Lipinski definition) is 5. The Morgan fingerprint density at radius 3 is 2.46 bits per heavy atom. The van der Waals surface area contributed by atoms with Gasteiger partial charge in [0.1, 0.15) is 6.54 Å². The van der Waals surface area contributed by atoms with Gasteiger partial charge in [-0.15, -0.1) is 11.3 Å². The van der Waals surface area contributed by atoms with E-state index in [1.165, 1.54) is 42.5 Å². The number of nitrogens with one attached hydrogen (secondary N) is 1. The minimum absolute atomic E-state index is 0.127. The smallest absolute Gasteiger partial charge is 0.266 e. The molecule has 1 aliphatic rings. The number of anilines is 1. The van der Waals surface area contributed by atoms with Crippen LogP contribution < -0.4 is 9.62 Å². The molecule has 1 N–H and O–H groups in total. The topological polar surface area (TPSA) is 79.4 Å². The lowest BCUT2D eigenvalue weighted by Crippen LogP contribution is -2.44. The van der Waals surface area contributed by atoms with E-state index in [-0.39, 0.29) is 23.4 Å². The molecule has 0 bridgehead atoms. The van der Waals surface area contributed by atoms with E-state index < -0.39 is 10.0 Å². The van der Waals surface area contributed by atoms with Gasteiger partial charge in [0.2, 0.25) is 5.91 Å². The van der Waals surface area contributed by atoms with Gasteiger partial charge in [0, 0.05) is 17.6 Å². The molecule has 2 aromatic rings. The third kappa shape index (κ3) is 4.62. The number of sulfonamides is 1. The van der Waals surface area contributed by atoms with Crippen molar-refractivity contribution in [3.8, 4) is 0 Å². The summed E-state index contributed by atoms with van der Waals surface area (Å²) in [4.78, 5) is 16.8. The predicted molar refractivity (Wildman–Crippen MR) is 103 cm³/mol. The molecule has 0 radical (unpaired) electrons. The molecule has 0 aliphatic heterocycles. The predicted octanol–water partition coefficient (Wildman–Crippen LogP) is 3.18. The van der Waals surface area contributed by atoms with Crippen molar-refractivity contribution in [2.75, 3.05) is 10.8 Å². The molecule has 140 valence electrons. The van der Waals surface area contributed by atoms with Crippen molar-refractivity contribution < 1.29 is 13.2 Å². The third-order valence-electron chi connectivity index (χ3n) is 4.47. The minimum Gasteiger partial charge on any atom is -0.352 e. The summed E-state index contributed by atoms with van der Waals surface area (Å²) in [6.07, 6.45) is 8.03. The van der Waals surface area contributed by atoms with Crippen molar-refractivity contribution in [2.45, 2.75) is 49.5 Å². The Morgan fingerprint density at radius 1 is 1.15 bits per heavy atom. The fourth-order valence-electron chi connectivity index (χ4n) is 3.14. The number of benzene rings is 1. The lowest BCUT2D eigenvalue weighted by atomic mass is 10.1. The first-order chi connectivity index (χ1) is 12.6. The molecule has 1 amide bonds. The van der Waals surface area contributed by atoms with E-state index in [0.717, 1.165) is 30.0 Å². The number of hydrogen-bond donors (Lipinski definition) is 1. The first-order valence-corrected chi connectivity index (χ1v) is 11.2. The molecule has 1 fully saturated rings. The third-order valence-corrected chi connectivity index (χ3v) is 7.13. The zero-order valence-electron chi connectivity index (χ0n) is 14.5. The van der Waals surface area contributed by atoms with Crippen molar-refractivity contribution in [3.05, 3.63) is 41.9 Å². The van der Waals surface area contributed by atoms with E-state index in [9.17, 15) is 13.2 Å². The molecule has 1 heterocycles. The monoisotopic (exact) mass is 393 g/mol. The molecular weight excluding hydrogens is 370 g/mol. The Bertz CT molecular complexity index is 799. The first kappa shape index (κ1) is 18.8. The van der Waals surface area contributed by atoms with E-state index in [2.05, 4.69) is 10.3 Å². The second-order valence-corrected chi connectivity index (χ2v) is 9.13. The molecule has 0 spiro atoms. The quantitative estimate of drug-likeness (QED) is 0.765. The van der Waals surface area contributed by atoms with Gasteiger partial charge in [0.05, 0.1) is 4.90 Å². The Labute approximate surface area is 158 Å². The largest absolute Gasteiger partial charge is 0.352 e. The molecule has 0 saturated heterocycles. The zero-order chi connectivity index (χ0) is 18.4. The maximum absolute atomic E-state index is 13.0. The van der Waals surface area contributed by atoms with Crippen LogP contribution in [0.3, 0.4) is 0 Å². The SMILES string of the molecule is O=C(CN(c1nccs1)S(=O)(=O)c1ccccc1)NC1CCCCCC1. The summed E-state index contributed by atoms with van der Waals surface area (Å²) in [6.45, 7) is -0.263. The van der Waals surface area contributed by atoms with Gasteiger partial charge in [-0.1, -0.05) is 43.9 Å². The van der Waals surface area contributed by atoms with Crippen molar-refractivity contribution in [1.82, 2.24) is 10.3 Å². The molecule has 1 aromatic carbocycles. The van der Waals surface area contributed by atoms with Crippen molar-refractivity contribution in [1.29, 1.82) is 0 Å².